The second-order valence-electron chi connectivity index (χ2n) is 8.42. The number of pyridine rings is 1. The predicted molar refractivity (Wildman–Crippen MR) is 142 cm³/mol. The molecular weight excluding hydrogens is 465 g/mol. The molecular formula is C28H23Cl2N3O. The first-order valence-electron chi connectivity index (χ1n) is 11.2. The van der Waals surface area contributed by atoms with E-state index in [1.54, 1.807) is 6.07 Å². The summed E-state index contributed by atoms with van der Waals surface area (Å²) >= 11 is 12.3. The van der Waals surface area contributed by atoms with Gasteiger partial charge in [0.15, 0.2) is 0 Å². The van der Waals surface area contributed by atoms with Crippen LogP contribution < -0.4 is 5.32 Å². The van der Waals surface area contributed by atoms with Crippen molar-refractivity contribution in [3.63, 3.8) is 0 Å². The van der Waals surface area contributed by atoms with Crippen LogP contribution in [-0.4, -0.2) is 15.9 Å². The molecule has 4 nitrogen and oxygen atoms in total. The van der Waals surface area contributed by atoms with Crippen molar-refractivity contribution in [2.75, 3.05) is 5.32 Å². The second-order valence-corrected chi connectivity index (χ2v) is 9.29. The van der Waals surface area contributed by atoms with Crippen LogP contribution in [0.3, 0.4) is 0 Å². The molecule has 2 N–H and O–H groups in total. The topological polar surface area (TPSA) is 57.8 Å². The van der Waals surface area contributed by atoms with E-state index in [4.69, 9.17) is 28.2 Å². The van der Waals surface area contributed by atoms with Crippen LogP contribution in [0.2, 0.25) is 10.0 Å². The highest BCUT2D eigenvalue weighted by molar-refractivity contribution is 6.31. The summed E-state index contributed by atoms with van der Waals surface area (Å²) in [6, 6.07) is 23.5. The molecule has 0 unspecified atom stereocenters. The molecule has 0 radical (unpaired) electrons. The van der Waals surface area contributed by atoms with Crippen molar-refractivity contribution in [2.24, 2.45) is 0 Å². The Morgan fingerprint density at radius 3 is 2.62 bits per heavy atom. The fourth-order valence-electron chi connectivity index (χ4n) is 4.31. The number of rotatable bonds is 6. The number of hydrogen-bond donors (Lipinski definition) is 2. The van der Waals surface area contributed by atoms with Gasteiger partial charge in [0.05, 0.1) is 16.9 Å². The Labute approximate surface area is 207 Å². The first kappa shape index (κ1) is 22.5. The van der Waals surface area contributed by atoms with E-state index in [-0.39, 0.29) is 5.91 Å². The molecule has 2 heterocycles. The smallest absolute Gasteiger partial charge is 0.224 e. The number of aryl methyl sites for hydroxylation is 2. The molecule has 2 aromatic heterocycles. The lowest BCUT2D eigenvalue weighted by Gasteiger charge is -2.09. The maximum absolute atomic E-state index is 12.6. The number of aromatic nitrogens is 2. The number of H-pyrrole nitrogens is 1. The number of fused-ring (bicyclic) bond motifs is 2. The zero-order valence-electron chi connectivity index (χ0n) is 18.7. The Morgan fingerprint density at radius 1 is 0.971 bits per heavy atom. The zero-order chi connectivity index (χ0) is 23.7. The largest absolute Gasteiger partial charge is 0.353 e. The number of aromatic amines is 1. The number of hydrogen-bond acceptors (Lipinski definition) is 2. The molecule has 1 amide bonds. The van der Waals surface area contributed by atoms with Crippen LogP contribution >= 0.6 is 23.2 Å². The Balaban J connectivity index is 1.40. The molecule has 0 saturated heterocycles. The van der Waals surface area contributed by atoms with E-state index in [1.807, 2.05) is 61.5 Å². The Kier molecular flexibility index (Phi) is 6.27. The van der Waals surface area contributed by atoms with E-state index in [0.717, 1.165) is 56.4 Å². The number of para-hydroxylation sites is 1. The van der Waals surface area contributed by atoms with Gasteiger partial charge in [0.1, 0.15) is 0 Å². The third kappa shape index (κ3) is 4.65. The molecule has 0 fully saturated rings. The predicted octanol–water partition coefficient (Wildman–Crippen LogP) is 7.96. The minimum absolute atomic E-state index is 0.0197. The third-order valence-corrected chi connectivity index (χ3v) is 6.49. The number of nitrogens with zero attached hydrogens (tertiary/aromatic N) is 1. The maximum atomic E-state index is 12.6. The van der Waals surface area contributed by atoms with E-state index in [2.05, 4.69) is 22.4 Å². The molecule has 0 aliphatic rings. The van der Waals surface area contributed by atoms with Crippen LogP contribution in [0.1, 0.15) is 24.0 Å². The molecule has 0 bridgehead atoms. The van der Waals surface area contributed by atoms with Gasteiger partial charge in [-0.05, 0) is 79.4 Å². The molecule has 0 aliphatic heterocycles. The van der Waals surface area contributed by atoms with E-state index in [9.17, 15) is 4.79 Å². The summed E-state index contributed by atoms with van der Waals surface area (Å²) in [6.45, 7) is 1.93. The number of carbonyl (C=O) groups excluding carboxylic acids is 1. The molecule has 170 valence electrons. The summed E-state index contributed by atoms with van der Waals surface area (Å²) in [4.78, 5) is 21.0. The van der Waals surface area contributed by atoms with Crippen molar-refractivity contribution < 1.29 is 4.79 Å². The number of amides is 1. The van der Waals surface area contributed by atoms with Crippen molar-refractivity contribution in [3.8, 4) is 11.4 Å². The van der Waals surface area contributed by atoms with Crippen molar-refractivity contribution in [3.05, 3.63) is 94.0 Å². The molecule has 6 heteroatoms. The number of anilines is 1. The van der Waals surface area contributed by atoms with Crippen LogP contribution in [-0.2, 0) is 11.2 Å². The summed E-state index contributed by atoms with van der Waals surface area (Å²) in [5.41, 5.74) is 6.65. The van der Waals surface area contributed by atoms with Crippen molar-refractivity contribution in [2.45, 2.75) is 26.2 Å². The molecule has 5 aromatic rings. The van der Waals surface area contributed by atoms with E-state index in [0.29, 0.717) is 22.9 Å². The Hall–Kier alpha value is -3.34. The van der Waals surface area contributed by atoms with E-state index in [1.165, 1.54) is 0 Å². The Bertz CT molecular complexity index is 1520. The highest BCUT2D eigenvalue weighted by Crippen LogP contribution is 2.33. The zero-order valence-corrected chi connectivity index (χ0v) is 20.2. The average molecular weight is 488 g/mol. The summed E-state index contributed by atoms with van der Waals surface area (Å²) in [5, 5.41) is 6.49. The molecule has 0 saturated carbocycles. The second kappa shape index (κ2) is 9.49. The lowest BCUT2D eigenvalue weighted by Crippen LogP contribution is -2.12. The number of halogens is 2. The average Bonchev–Trinajstić information content (AvgIpc) is 3.18. The maximum Gasteiger partial charge on any atom is 0.224 e. The first-order chi connectivity index (χ1) is 16.5. The van der Waals surface area contributed by atoms with Crippen LogP contribution in [0.15, 0.2) is 72.8 Å². The lowest BCUT2D eigenvalue weighted by molar-refractivity contribution is -0.116. The van der Waals surface area contributed by atoms with Crippen LogP contribution in [0, 0.1) is 6.92 Å². The molecule has 0 aliphatic carbocycles. The number of carbonyl (C=O) groups is 1. The standard InChI is InChI=1S/C28H23Cl2N3O/c1-17-15-19(29)10-13-23(17)32-27(34)8-4-6-21-22-16-20(30)11-14-25(22)33-28(21)26-12-9-18-5-2-3-7-24(18)31-26/h2-3,5,7,9-16,33H,4,6,8H2,1H3,(H,32,34). The molecule has 0 atom stereocenters. The summed E-state index contributed by atoms with van der Waals surface area (Å²) in [5.74, 6) is -0.0197. The van der Waals surface area contributed by atoms with Gasteiger partial charge >= 0.3 is 0 Å². The van der Waals surface area contributed by atoms with Gasteiger partial charge in [-0.1, -0.05) is 47.5 Å². The summed E-state index contributed by atoms with van der Waals surface area (Å²) in [6.07, 6.45) is 1.82. The summed E-state index contributed by atoms with van der Waals surface area (Å²) < 4.78 is 0. The number of benzene rings is 3. The van der Waals surface area contributed by atoms with Gasteiger partial charge in [-0.3, -0.25) is 4.79 Å². The minimum atomic E-state index is -0.0197. The van der Waals surface area contributed by atoms with Gasteiger partial charge in [0, 0.05) is 38.4 Å². The lowest BCUT2D eigenvalue weighted by atomic mass is 10.0. The highest BCUT2D eigenvalue weighted by atomic mass is 35.5. The fourth-order valence-corrected chi connectivity index (χ4v) is 4.71. The van der Waals surface area contributed by atoms with Crippen LogP contribution in [0.25, 0.3) is 33.2 Å². The SMILES string of the molecule is Cc1cc(Cl)ccc1NC(=O)CCCc1c(-c2ccc3ccccc3n2)[nH]c2ccc(Cl)cc12. The first-order valence-corrected chi connectivity index (χ1v) is 12.0. The van der Waals surface area contributed by atoms with Gasteiger partial charge in [0.2, 0.25) is 5.91 Å². The van der Waals surface area contributed by atoms with E-state index < -0.39 is 0 Å². The van der Waals surface area contributed by atoms with Gasteiger partial charge in [-0.25, -0.2) is 4.98 Å². The van der Waals surface area contributed by atoms with Crippen molar-refractivity contribution >= 4 is 56.6 Å². The van der Waals surface area contributed by atoms with Crippen LogP contribution in [0.5, 0.6) is 0 Å². The quantitative estimate of drug-likeness (QED) is 0.255. The Morgan fingerprint density at radius 2 is 1.76 bits per heavy atom. The van der Waals surface area contributed by atoms with Gasteiger partial charge in [-0.15, -0.1) is 0 Å². The normalized spacial score (nSPS) is 11.3. The highest BCUT2D eigenvalue weighted by Gasteiger charge is 2.16. The van der Waals surface area contributed by atoms with Crippen LogP contribution in [0.4, 0.5) is 5.69 Å². The monoisotopic (exact) mass is 487 g/mol. The van der Waals surface area contributed by atoms with Gasteiger partial charge < -0.3 is 10.3 Å². The molecule has 0 spiro atoms. The number of nitrogens with one attached hydrogen (secondary N) is 2. The van der Waals surface area contributed by atoms with E-state index >= 15 is 0 Å². The molecule has 3 aromatic carbocycles. The summed E-state index contributed by atoms with van der Waals surface area (Å²) in [7, 11) is 0. The van der Waals surface area contributed by atoms with Gasteiger partial charge in [-0.2, -0.15) is 0 Å². The van der Waals surface area contributed by atoms with Gasteiger partial charge in [0.25, 0.3) is 0 Å². The third-order valence-electron chi connectivity index (χ3n) is 6.02. The fraction of sp³-hybridized carbons (Fsp3) is 0.143. The minimum Gasteiger partial charge on any atom is -0.353 e. The van der Waals surface area contributed by atoms with Crippen molar-refractivity contribution in [1.82, 2.24) is 9.97 Å². The molecule has 34 heavy (non-hydrogen) atoms. The molecule has 5 rings (SSSR count). The van der Waals surface area contributed by atoms with Crippen molar-refractivity contribution in [1.29, 1.82) is 0 Å².